The maximum absolute atomic E-state index is 12.0. The third-order valence-corrected chi connectivity index (χ3v) is 3.30. The van der Waals surface area contributed by atoms with E-state index in [2.05, 4.69) is 4.98 Å². The van der Waals surface area contributed by atoms with Crippen LogP contribution >= 0.6 is 11.6 Å². The molecule has 22 heavy (non-hydrogen) atoms. The minimum absolute atomic E-state index is 0.0570. The summed E-state index contributed by atoms with van der Waals surface area (Å²) in [6, 6.07) is 10.4. The normalized spacial score (nSPS) is 10.3. The number of hydrogen-bond acceptors (Lipinski definition) is 4. The second-order valence-corrected chi connectivity index (χ2v) is 5.14. The zero-order chi connectivity index (χ0) is 15.9. The first-order valence-corrected chi connectivity index (χ1v) is 7.17. The summed E-state index contributed by atoms with van der Waals surface area (Å²) in [4.78, 5) is 17.5. The maximum atomic E-state index is 12.0. The predicted molar refractivity (Wildman–Crippen MR) is 84.1 cm³/mol. The molecule has 5 nitrogen and oxygen atoms in total. The van der Waals surface area contributed by atoms with Crippen LogP contribution in [-0.4, -0.2) is 41.1 Å². The third-order valence-electron chi connectivity index (χ3n) is 3.08. The van der Waals surface area contributed by atoms with E-state index in [-0.39, 0.29) is 12.5 Å². The first-order chi connectivity index (χ1) is 10.6. The Morgan fingerprint density at radius 1 is 1.27 bits per heavy atom. The largest absolute Gasteiger partial charge is 0.489 e. The molecule has 1 aromatic heterocycles. The van der Waals surface area contributed by atoms with E-state index in [4.69, 9.17) is 21.4 Å². The van der Waals surface area contributed by atoms with E-state index < -0.39 is 0 Å². The van der Waals surface area contributed by atoms with Gasteiger partial charge in [-0.2, -0.15) is 0 Å². The Labute approximate surface area is 134 Å². The van der Waals surface area contributed by atoms with Gasteiger partial charge in [-0.15, -0.1) is 0 Å². The number of rotatable bonds is 6. The molecule has 0 bridgehead atoms. The Bertz CT molecular complexity index is 614. The number of nitrogens with zero attached hydrogens (tertiary/aromatic N) is 2. The zero-order valence-electron chi connectivity index (χ0n) is 12.2. The van der Waals surface area contributed by atoms with E-state index in [0.717, 1.165) is 5.56 Å². The molecule has 0 spiro atoms. The molecule has 116 valence electrons. The molecule has 0 saturated heterocycles. The molecular weight excluding hydrogens is 304 g/mol. The van der Waals surface area contributed by atoms with Crippen molar-refractivity contribution < 1.29 is 14.6 Å². The zero-order valence-corrected chi connectivity index (χ0v) is 13.0. The number of ether oxygens (including phenoxy) is 1. The molecule has 0 aliphatic rings. The number of aliphatic hydroxyl groups is 1. The van der Waals surface area contributed by atoms with Crippen molar-refractivity contribution in [3.63, 3.8) is 0 Å². The van der Waals surface area contributed by atoms with Crippen LogP contribution in [0.2, 0.25) is 5.15 Å². The lowest BCUT2D eigenvalue weighted by atomic mass is 10.2. The molecule has 1 aromatic carbocycles. The number of aliphatic hydroxyl groups excluding tert-OH is 1. The number of amides is 1. The van der Waals surface area contributed by atoms with Crippen LogP contribution in [0, 0.1) is 0 Å². The van der Waals surface area contributed by atoms with Crippen molar-refractivity contribution in [3.05, 3.63) is 58.9 Å². The van der Waals surface area contributed by atoms with Crippen LogP contribution in [0.3, 0.4) is 0 Å². The molecule has 0 radical (unpaired) electrons. The first kappa shape index (κ1) is 16.3. The molecule has 2 aromatic rings. The molecule has 0 fully saturated rings. The fourth-order valence-electron chi connectivity index (χ4n) is 1.82. The van der Waals surface area contributed by atoms with Gasteiger partial charge < -0.3 is 14.7 Å². The van der Waals surface area contributed by atoms with Gasteiger partial charge in [0.15, 0.2) is 0 Å². The fourth-order valence-corrected chi connectivity index (χ4v) is 1.94. The minimum atomic E-state index is -0.137. The predicted octanol–water partition coefficient (Wildman–Crippen LogP) is 2.38. The maximum Gasteiger partial charge on any atom is 0.253 e. The fraction of sp³-hybridized carbons (Fsp3) is 0.250. The van der Waals surface area contributed by atoms with Gasteiger partial charge in [0.25, 0.3) is 5.91 Å². The van der Waals surface area contributed by atoms with Gasteiger partial charge in [0.1, 0.15) is 17.5 Å². The highest BCUT2D eigenvalue weighted by atomic mass is 35.5. The molecule has 1 amide bonds. The molecule has 2 rings (SSSR count). The third kappa shape index (κ3) is 4.44. The Balaban J connectivity index is 1.94. The molecular formula is C16H17ClN2O3. The van der Waals surface area contributed by atoms with Crippen molar-refractivity contribution in [3.8, 4) is 5.75 Å². The Hall–Kier alpha value is -2.11. The van der Waals surface area contributed by atoms with Crippen LogP contribution in [0.15, 0.2) is 42.6 Å². The second kappa shape index (κ2) is 7.77. The van der Waals surface area contributed by atoms with Crippen molar-refractivity contribution in [1.29, 1.82) is 0 Å². The highest BCUT2D eigenvalue weighted by molar-refractivity contribution is 6.29. The second-order valence-electron chi connectivity index (χ2n) is 4.75. The van der Waals surface area contributed by atoms with Crippen LogP contribution in [0.25, 0.3) is 0 Å². The molecule has 0 aliphatic heterocycles. The highest BCUT2D eigenvalue weighted by Crippen LogP contribution is 2.15. The molecule has 0 unspecified atom stereocenters. The highest BCUT2D eigenvalue weighted by Gasteiger charge is 2.10. The lowest BCUT2D eigenvalue weighted by Gasteiger charge is -2.15. The number of likely N-dealkylation sites (N-methyl/N-ethyl adjacent to an activating group) is 1. The van der Waals surface area contributed by atoms with Gasteiger partial charge in [-0.3, -0.25) is 4.79 Å². The lowest BCUT2D eigenvalue weighted by molar-refractivity contribution is 0.0767. The van der Waals surface area contributed by atoms with Crippen molar-refractivity contribution >= 4 is 17.5 Å². The number of benzene rings is 1. The summed E-state index contributed by atoms with van der Waals surface area (Å²) in [5.74, 6) is 0.527. The molecule has 0 atom stereocenters. The monoisotopic (exact) mass is 320 g/mol. The van der Waals surface area contributed by atoms with Crippen molar-refractivity contribution in [2.75, 3.05) is 20.2 Å². The Morgan fingerprint density at radius 2 is 2.00 bits per heavy atom. The minimum Gasteiger partial charge on any atom is -0.489 e. The standard InChI is InChI=1S/C16H17ClN2O3/c1-19(8-9-20)16(21)13-3-5-14(6-4-13)22-11-12-2-7-15(17)18-10-12/h2-7,10,20H,8-9,11H2,1H3. The lowest BCUT2D eigenvalue weighted by Crippen LogP contribution is -2.29. The van der Waals surface area contributed by atoms with E-state index >= 15 is 0 Å². The Morgan fingerprint density at radius 3 is 2.59 bits per heavy atom. The van der Waals surface area contributed by atoms with Gasteiger partial charge in [-0.05, 0) is 30.3 Å². The first-order valence-electron chi connectivity index (χ1n) is 6.80. The summed E-state index contributed by atoms with van der Waals surface area (Å²) in [6.07, 6.45) is 1.66. The number of hydrogen-bond donors (Lipinski definition) is 1. The molecule has 1 heterocycles. The van der Waals surface area contributed by atoms with Gasteiger partial charge in [-0.25, -0.2) is 4.98 Å². The van der Waals surface area contributed by atoms with Crippen molar-refractivity contribution in [2.45, 2.75) is 6.61 Å². The Kier molecular flexibility index (Phi) is 5.75. The van der Waals surface area contributed by atoms with Gasteiger partial charge in [0.2, 0.25) is 0 Å². The summed E-state index contributed by atoms with van der Waals surface area (Å²) in [7, 11) is 1.65. The van der Waals surface area contributed by atoms with E-state index in [1.165, 1.54) is 4.90 Å². The van der Waals surface area contributed by atoms with Crippen LogP contribution < -0.4 is 4.74 Å². The van der Waals surface area contributed by atoms with E-state index in [1.54, 1.807) is 43.6 Å². The van der Waals surface area contributed by atoms with Crippen molar-refractivity contribution in [1.82, 2.24) is 9.88 Å². The number of aromatic nitrogens is 1. The van der Waals surface area contributed by atoms with Crippen LogP contribution in [0.1, 0.15) is 15.9 Å². The van der Waals surface area contributed by atoms with Crippen LogP contribution in [0.4, 0.5) is 0 Å². The van der Waals surface area contributed by atoms with Gasteiger partial charge in [-0.1, -0.05) is 17.7 Å². The summed E-state index contributed by atoms with van der Waals surface area (Å²) < 4.78 is 5.63. The number of carbonyl (C=O) groups excluding carboxylic acids is 1. The number of halogens is 1. The van der Waals surface area contributed by atoms with Gasteiger partial charge in [0.05, 0.1) is 6.61 Å². The van der Waals surface area contributed by atoms with Crippen LogP contribution in [-0.2, 0) is 6.61 Å². The SMILES string of the molecule is CN(CCO)C(=O)c1ccc(OCc2ccc(Cl)nc2)cc1. The quantitative estimate of drug-likeness (QED) is 0.830. The summed E-state index contributed by atoms with van der Waals surface area (Å²) >= 11 is 5.72. The number of pyridine rings is 1. The molecule has 1 N–H and O–H groups in total. The average molecular weight is 321 g/mol. The summed E-state index contributed by atoms with van der Waals surface area (Å²) in [5, 5.41) is 9.29. The van der Waals surface area contributed by atoms with Crippen molar-refractivity contribution in [2.24, 2.45) is 0 Å². The smallest absolute Gasteiger partial charge is 0.253 e. The van der Waals surface area contributed by atoms with Gasteiger partial charge in [0, 0.05) is 30.9 Å². The number of carbonyl (C=O) groups is 1. The average Bonchev–Trinajstić information content (AvgIpc) is 2.54. The van der Waals surface area contributed by atoms with E-state index in [9.17, 15) is 4.79 Å². The molecule has 0 aliphatic carbocycles. The molecule has 6 heteroatoms. The van der Waals surface area contributed by atoms with E-state index in [1.807, 2.05) is 6.07 Å². The van der Waals surface area contributed by atoms with E-state index in [0.29, 0.717) is 29.6 Å². The topological polar surface area (TPSA) is 62.7 Å². The van der Waals surface area contributed by atoms with Crippen LogP contribution in [0.5, 0.6) is 5.75 Å². The van der Waals surface area contributed by atoms with Gasteiger partial charge >= 0.3 is 0 Å². The summed E-state index contributed by atoms with van der Waals surface area (Å²) in [5.41, 5.74) is 1.46. The molecule has 0 saturated carbocycles. The summed E-state index contributed by atoms with van der Waals surface area (Å²) in [6.45, 7) is 0.626.